The van der Waals surface area contributed by atoms with Crippen molar-refractivity contribution >= 4 is 22.8 Å². The predicted octanol–water partition coefficient (Wildman–Crippen LogP) is 3.35. The Bertz CT molecular complexity index is 1090. The van der Waals surface area contributed by atoms with Crippen molar-refractivity contribution in [3.8, 4) is 0 Å². The second kappa shape index (κ2) is 7.51. The van der Waals surface area contributed by atoms with Crippen molar-refractivity contribution in [3.05, 3.63) is 47.7 Å². The average Bonchev–Trinajstić information content (AvgIpc) is 3.16. The molecule has 31 heavy (non-hydrogen) atoms. The van der Waals surface area contributed by atoms with Crippen LogP contribution in [0.1, 0.15) is 65.8 Å². The molecule has 2 fully saturated rings. The van der Waals surface area contributed by atoms with Gasteiger partial charge in [-0.15, -0.1) is 0 Å². The summed E-state index contributed by atoms with van der Waals surface area (Å²) in [6, 6.07) is 5.44. The fraction of sp³-hybridized carbons (Fsp3) is 0.478. The molecule has 5 rings (SSSR count). The molecule has 0 radical (unpaired) electrons. The van der Waals surface area contributed by atoms with Gasteiger partial charge in [0.1, 0.15) is 5.69 Å². The molecule has 2 N–H and O–H groups in total. The van der Waals surface area contributed by atoms with Crippen molar-refractivity contribution in [1.29, 1.82) is 0 Å². The molecule has 1 atom stereocenters. The van der Waals surface area contributed by atoms with E-state index in [2.05, 4.69) is 34.3 Å². The Balaban J connectivity index is 1.12. The number of carbonyl (C=O) groups is 2. The van der Waals surface area contributed by atoms with Gasteiger partial charge in [0.25, 0.3) is 11.8 Å². The summed E-state index contributed by atoms with van der Waals surface area (Å²) < 4.78 is 5.59. The first kappa shape index (κ1) is 19.8. The molecule has 2 aliphatic rings. The van der Waals surface area contributed by atoms with E-state index < -0.39 is 0 Å². The zero-order valence-electron chi connectivity index (χ0n) is 17.9. The van der Waals surface area contributed by atoms with Gasteiger partial charge in [0.05, 0.1) is 6.20 Å². The zero-order chi connectivity index (χ0) is 21.6. The first-order valence-electron chi connectivity index (χ1n) is 10.9. The molecule has 2 amide bonds. The second-order valence-electron chi connectivity index (χ2n) is 9.15. The number of carbonyl (C=O) groups excluding carboxylic acids is 2. The second-order valence-corrected chi connectivity index (χ2v) is 9.15. The molecule has 8 nitrogen and oxygen atoms in total. The van der Waals surface area contributed by atoms with Crippen LogP contribution in [0.15, 0.2) is 35.0 Å². The molecule has 1 spiro atoms. The minimum atomic E-state index is -0.189. The van der Waals surface area contributed by atoms with Crippen LogP contribution in [0, 0.1) is 11.3 Å². The molecule has 1 unspecified atom stereocenters. The summed E-state index contributed by atoms with van der Waals surface area (Å²) in [6.07, 6.45) is 6.33. The average molecular weight is 422 g/mol. The summed E-state index contributed by atoms with van der Waals surface area (Å²) in [5.41, 5.74) is 2.34. The Morgan fingerprint density at radius 2 is 2.13 bits per heavy atom. The van der Waals surface area contributed by atoms with Crippen molar-refractivity contribution < 1.29 is 14.0 Å². The molecular weight excluding hydrogens is 394 g/mol. The normalized spacial score (nSPS) is 19.8. The Morgan fingerprint density at radius 3 is 2.84 bits per heavy atom. The lowest BCUT2D eigenvalue weighted by atomic mass is 9.90. The fourth-order valence-electron chi connectivity index (χ4n) is 4.69. The van der Waals surface area contributed by atoms with Crippen molar-refractivity contribution in [3.63, 3.8) is 0 Å². The molecule has 4 heterocycles. The maximum Gasteiger partial charge on any atom is 0.287 e. The van der Waals surface area contributed by atoms with E-state index >= 15 is 0 Å². The summed E-state index contributed by atoms with van der Waals surface area (Å²) in [7, 11) is 0. The molecule has 1 saturated carbocycles. The van der Waals surface area contributed by atoms with E-state index in [1.165, 1.54) is 0 Å². The van der Waals surface area contributed by atoms with E-state index in [4.69, 9.17) is 4.42 Å². The highest BCUT2D eigenvalue weighted by atomic mass is 16.3. The van der Waals surface area contributed by atoms with Crippen LogP contribution in [0.25, 0.3) is 11.0 Å². The zero-order valence-corrected chi connectivity index (χ0v) is 17.9. The molecule has 1 aliphatic carbocycles. The number of pyridine rings is 1. The lowest BCUT2D eigenvalue weighted by Gasteiger charge is -2.32. The van der Waals surface area contributed by atoms with E-state index in [1.54, 1.807) is 18.5 Å². The van der Waals surface area contributed by atoms with Crippen LogP contribution in [-0.4, -0.2) is 51.5 Å². The third-order valence-electron chi connectivity index (χ3n) is 6.90. The number of fused-ring (bicyclic) bond motifs is 1. The third kappa shape index (κ3) is 3.71. The minimum absolute atomic E-state index is 0.00266. The molecule has 1 aliphatic heterocycles. The van der Waals surface area contributed by atoms with Gasteiger partial charge in [-0.1, -0.05) is 13.8 Å². The highest BCUT2D eigenvalue weighted by Gasteiger charge is 2.54. The van der Waals surface area contributed by atoms with Gasteiger partial charge in [0, 0.05) is 36.9 Å². The van der Waals surface area contributed by atoms with Gasteiger partial charge < -0.3 is 14.6 Å². The van der Waals surface area contributed by atoms with Crippen molar-refractivity contribution in [2.24, 2.45) is 11.3 Å². The van der Waals surface area contributed by atoms with Crippen LogP contribution >= 0.6 is 0 Å². The van der Waals surface area contributed by atoms with E-state index in [1.807, 2.05) is 17.0 Å². The number of aromatic nitrogens is 3. The summed E-state index contributed by atoms with van der Waals surface area (Å²) in [6.45, 7) is 6.26. The SMILES string of the molecule is CC(C)c1cc(C(=O)N2CCC3(CC2)CC3CNC(=O)c2cc3ccncc3o2)n[nH]1. The number of aromatic amines is 1. The first-order valence-corrected chi connectivity index (χ1v) is 10.9. The van der Waals surface area contributed by atoms with Crippen LogP contribution in [-0.2, 0) is 0 Å². The van der Waals surface area contributed by atoms with E-state index in [9.17, 15) is 9.59 Å². The lowest BCUT2D eigenvalue weighted by Crippen LogP contribution is -2.40. The Morgan fingerprint density at radius 1 is 1.32 bits per heavy atom. The number of hydrogen-bond acceptors (Lipinski definition) is 5. The number of nitrogens with one attached hydrogen (secondary N) is 2. The molecule has 3 aromatic heterocycles. The third-order valence-corrected chi connectivity index (χ3v) is 6.90. The molecule has 1 saturated heterocycles. The lowest BCUT2D eigenvalue weighted by molar-refractivity contribution is 0.0662. The highest BCUT2D eigenvalue weighted by Crippen LogP contribution is 2.59. The number of H-pyrrole nitrogens is 1. The monoisotopic (exact) mass is 421 g/mol. The smallest absolute Gasteiger partial charge is 0.287 e. The molecule has 162 valence electrons. The van der Waals surface area contributed by atoms with Gasteiger partial charge in [-0.2, -0.15) is 5.10 Å². The van der Waals surface area contributed by atoms with E-state index in [0.717, 1.165) is 43.4 Å². The predicted molar refractivity (Wildman–Crippen MR) is 115 cm³/mol. The van der Waals surface area contributed by atoms with Gasteiger partial charge in [-0.3, -0.25) is 19.7 Å². The summed E-state index contributed by atoms with van der Waals surface area (Å²) in [4.78, 5) is 31.2. The standard InChI is InChI=1S/C23H27N5O3/c1-14(2)17-10-18(27-26-17)22(30)28-7-4-23(5-8-28)11-16(23)12-25-21(29)19-9-15-3-6-24-13-20(15)31-19/h3,6,9-10,13-14,16H,4-5,7-8,11-12H2,1-2H3,(H,25,29)(H,26,27). The summed E-state index contributed by atoms with van der Waals surface area (Å²) in [5.74, 6) is 0.904. The number of rotatable bonds is 5. The largest absolute Gasteiger partial charge is 0.449 e. The van der Waals surface area contributed by atoms with Gasteiger partial charge >= 0.3 is 0 Å². The van der Waals surface area contributed by atoms with Crippen LogP contribution in [0.5, 0.6) is 0 Å². The molecule has 0 bridgehead atoms. The van der Waals surface area contributed by atoms with Crippen LogP contribution < -0.4 is 5.32 Å². The molecular formula is C23H27N5O3. The van der Waals surface area contributed by atoms with Crippen LogP contribution in [0.2, 0.25) is 0 Å². The Hall–Kier alpha value is -3.16. The topological polar surface area (TPSA) is 104 Å². The van der Waals surface area contributed by atoms with Gasteiger partial charge in [0.15, 0.2) is 11.3 Å². The van der Waals surface area contributed by atoms with Crippen LogP contribution in [0.4, 0.5) is 0 Å². The van der Waals surface area contributed by atoms with E-state index in [0.29, 0.717) is 35.4 Å². The number of amides is 2. The maximum atomic E-state index is 12.8. The van der Waals surface area contributed by atoms with E-state index in [-0.39, 0.29) is 17.2 Å². The number of furan rings is 1. The van der Waals surface area contributed by atoms with Gasteiger partial charge in [-0.25, -0.2) is 0 Å². The minimum Gasteiger partial charge on any atom is -0.449 e. The Labute approximate surface area is 180 Å². The molecule has 3 aromatic rings. The summed E-state index contributed by atoms with van der Waals surface area (Å²) in [5, 5.41) is 11.0. The van der Waals surface area contributed by atoms with Crippen LogP contribution in [0.3, 0.4) is 0 Å². The number of nitrogens with zero attached hydrogens (tertiary/aromatic N) is 3. The maximum absolute atomic E-state index is 12.8. The number of piperidine rings is 1. The van der Waals surface area contributed by atoms with Crippen molar-refractivity contribution in [2.45, 2.75) is 39.0 Å². The first-order chi connectivity index (χ1) is 14.9. The highest BCUT2D eigenvalue weighted by molar-refractivity contribution is 5.96. The molecule has 0 aromatic carbocycles. The quantitative estimate of drug-likeness (QED) is 0.657. The van der Waals surface area contributed by atoms with Gasteiger partial charge in [-0.05, 0) is 54.7 Å². The summed E-state index contributed by atoms with van der Waals surface area (Å²) >= 11 is 0. The molecule has 8 heteroatoms. The number of likely N-dealkylation sites (tertiary alicyclic amines) is 1. The van der Waals surface area contributed by atoms with Crippen molar-refractivity contribution in [1.82, 2.24) is 25.4 Å². The number of hydrogen-bond donors (Lipinski definition) is 2. The Kier molecular flexibility index (Phi) is 4.79. The van der Waals surface area contributed by atoms with Crippen molar-refractivity contribution in [2.75, 3.05) is 19.6 Å². The van der Waals surface area contributed by atoms with Gasteiger partial charge in [0.2, 0.25) is 0 Å². The fourth-order valence-corrected chi connectivity index (χ4v) is 4.69.